The number of aromatic nitrogens is 3. The van der Waals surface area contributed by atoms with Gasteiger partial charge in [-0.1, -0.05) is 0 Å². The predicted molar refractivity (Wildman–Crippen MR) is 119 cm³/mol. The lowest BCUT2D eigenvalue weighted by molar-refractivity contribution is -0.134. The number of methoxy groups -OCH3 is 1. The number of piperazine rings is 1. The molecule has 1 aliphatic rings. The normalized spacial score (nSPS) is 14.4. The van der Waals surface area contributed by atoms with Gasteiger partial charge in [-0.3, -0.25) is 19.5 Å². The average molecular weight is 456 g/mol. The van der Waals surface area contributed by atoms with Crippen molar-refractivity contribution in [3.8, 4) is 5.75 Å². The summed E-state index contributed by atoms with van der Waals surface area (Å²) >= 11 is 0. The van der Waals surface area contributed by atoms with E-state index in [9.17, 15) is 18.8 Å². The lowest BCUT2D eigenvalue weighted by Gasteiger charge is -2.35. The molecule has 3 heterocycles. The van der Waals surface area contributed by atoms with E-state index in [2.05, 4.69) is 25.2 Å². The maximum absolute atomic E-state index is 13.6. The molecule has 11 heteroatoms. The van der Waals surface area contributed by atoms with Gasteiger partial charge in [-0.05, 0) is 30.3 Å². The quantitative estimate of drug-likeness (QED) is 0.495. The summed E-state index contributed by atoms with van der Waals surface area (Å²) in [6.45, 7) is 2.91. The molecule has 0 spiro atoms. The Labute approximate surface area is 188 Å². The van der Waals surface area contributed by atoms with Gasteiger partial charge in [0.15, 0.2) is 5.65 Å². The van der Waals surface area contributed by atoms with Crippen LogP contribution < -0.4 is 15.7 Å². The molecule has 0 bridgehead atoms. The minimum absolute atomic E-state index is 0.0307. The van der Waals surface area contributed by atoms with Gasteiger partial charge < -0.3 is 19.9 Å². The van der Waals surface area contributed by atoms with Gasteiger partial charge in [0.1, 0.15) is 17.4 Å². The van der Waals surface area contributed by atoms with Crippen molar-refractivity contribution in [2.75, 3.05) is 38.6 Å². The first-order valence-electron chi connectivity index (χ1n) is 10.6. The summed E-state index contributed by atoms with van der Waals surface area (Å²) in [7, 11) is 1.55. The highest BCUT2D eigenvalue weighted by Gasteiger charge is 2.22. The smallest absolute Gasteiger partial charge is 0.325 e. The predicted octanol–water partition coefficient (Wildman–Crippen LogP) is 1.46. The van der Waals surface area contributed by atoms with Crippen molar-refractivity contribution in [2.45, 2.75) is 19.4 Å². The molecule has 1 aliphatic heterocycles. The Morgan fingerprint density at radius 1 is 1.12 bits per heavy atom. The molecule has 4 rings (SSSR count). The van der Waals surface area contributed by atoms with Gasteiger partial charge in [-0.15, -0.1) is 0 Å². The molecule has 174 valence electrons. The molecule has 2 aromatic heterocycles. The zero-order chi connectivity index (χ0) is 23.4. The fourth-order valence-corrected chi connectivity index (χ4v) is 3.84. The summed E-state index contributed by atoms with van der Waals surface area (Å²) in [5.41, 5.74) is 1.29. The minimum Gasteiger partial charge on any atom is -0.496 e. The number of pyridine rings is 1. The summed E-state index contributed by atoms with van der Waals surface area (Å²) < 4.78 is 18.9. The number of benzene rings is 1. The number of hydrogen-bond donors (Lipinski definition) is 3. The van der Waals surface area contributed by atoms with Crippen LogP contribution in [-0.4, -0.2) is 69.9 Å². The number of fused-ring (bicyclic) bond motifs is 1. The Bertz CT molecular complexity index is 1220. The molecular weight excluding hydrogens is 431 g/mol. The first-order chi connectivity index (χ1) is 15.9. The lowest BCUT2D eigenvalue weighted by atomic mass is 10.1. The highest BCUT2D eigenvalue weighted by Crippen LogP contribution is 2.22. The SMILES string of the molecule is COc1ccc(F)cc1CN1CCN(C(=O)CCC(=O)Nc2ccc3[nH]c(=O)[nH]c3n2)CC1. The molecule has 10 nitrogen and oxygen atoms in total. The van der Waals surface area contributed by atoms with Gasteiger partial charge in [0.2, 0.25) is 11.8 Å². The number of H-pyrrole nitrogens is 2. The summed E-state index contributed by atoms with van der Waals surface area (Å²) in [6.07, 6.45) is 0.121. The number of ether oxygens (including phenoxy) is 1. The van der Waals surface area contributed by atoms with Gasteiger partial charge in [0, 0.05) is 51.1 Å². The summed E-state index contributed by atoms with van der Waals surface area (Å²) in [4.78, 5) is 49.2. The van der Waals surface area contributed by atoms with E-state index < -0.39 is 0 Å². The maximum Gasteiger partial charge on any atom is 0.325 e. The molecule has 0 aliphatic carbocycles. The molecule has 0 saturated carbocycles. The van der Waals surface area contributed by atoms with E-state index in [-0.39, 0.29) is 36.2 Å². The molecule has 3 aromatic rings. The van der Waals surface area contributed by atoms with Crippen LogP contribution in [0.4, 0.5) is 10.2 Å². The zero-order valence-electron chi connectivity index (χ0n) is 18.2. The highest BCUT2D eigenvalue weighted by molar-refractivity contribution is 5.93. The van der Waals surface area contributed by atoms with Crippen LogP contribution in [-0.2, 0) is 16.1 Å². The largest absolute Gasteiger partial charge is 0.496 e. The number of aromatic amines is 2. The number of imidazole rings is 1. The van der Waals surface area contributed by atoms with Crippen LogP contribution in [0.5, 0.6) is 5.75 Å². The number of carbonyl (C=O) groups excluding carboxylic acids is 2. The van der Waals surface area contributed by atoms with Crippen LogP contribution in [0.2, 0.25) is 0 Å². The fraction of sp³-hybridized carbons (Fsp3) is 0.364. The first-order valence-corrected chi connectivity index (χ1v) is 10.6. The van der Waals surface area contributed by atoms with Gasteiger partial charge in [0.05, 0.1) is 12.6 Å². The molecule has 1 aromatic carbocycles. The van der Waals surface area contributed by atoms with E-state index in [0.717, 1.165) is 5.56 Å². The molecule has 0 unspecified atom stereocenters. The molecule has 33 heavy (non-hydrogen) atoms. The summed E-state index contributed by atoms with van der Waals surface area (Å²) in [5, 5.41) is 2.64. The third kappa shape index (κ3) is 5.55. The van der Waals surface area contributed by atoms with Gasteiger partial charge >= 0.3 is 5.69 Å². The molecule has 0 atom stereocenters. The Kier molecular flexibility index (Phi) is 6.68. The van der Waals surface area contributed by atoms with Crippen molar-refractivity contribution in [1.82, 2.24) is 24.8 Å². The monoisotopic (exact) mass is 456 g/mol. The van der Waals surface area contributed by atoms with Crippen molar-refractivity contribution in [1.29, 1.82) is 0 Å². The molecule has 3 N–H and O–H groups in total. The maximum atomic E-state index is 13.6. The van der Waals surface area contributed by atoms with Crippen molar-refractivity contribution < 1.29 is 18.7 Å². The number of halogens is 1. The van der Waals surface area contributed by atoms with Crippen molar-refractivity contribution in [3.63, 3.8) is 0 Å². The van der Waals surface area contributed by atoms with E-state index in [1.165, 1.54) is 12.1 Å². The van der Waals surface area contributed by atoms with Crippen LogP contribution in [0.25, 0.3) is 11.2 Å². The second-order valence-corrected chi connectivity index (χ2v) is 7.83. The number of amides is 2. The standard InChI is InChI=1S/C22H25FN6O4/c1-33-17-4-2-15(23)12-14(17)13-28-8-10-29(11-9-28)20(31)7-6-19(30)25-18-5-3-16-21(26-18)27-22(32)24-16/h2-5,12H,6-11,13H2,1H3,(H3,24,25,26,27,30,32). The van der Waals surface area contributed by atoms with E-state index in [4.69, 9.17) is 4.74 Å². The molecule has 2 amide bonds. The van der Waals surface area contributed by atoms with Crippen LogP contribution >= 0.6 is 0 Å². The van der Waals surface area contributed by atoms with Gasteiger partial charge in [-0.2, -0.15) is 0 Å². The number of hydrogen-bond acceptors (Lipinski definition) is 6. The first kappa shape index (κ1) is 22.5. The second-order valence-electron chi connectivity index (χ2n) is 7.83. The summed E-state index contributed by atoms with van der Waals surface area (Å²) in [5.74, 6) is 0.208. The van der Waals surface area contributed by atoms with Gasteiger partial charge in [0.25, 0.3) is 0 Å². The summed E-state index contributed by atoms with van der Waals surface area (Å²) in [6, 6.07) is 7.67. The number of nitrogens with zero attached hydrogens (tertiary/aromatic N) is 3. The number of carbonyl (C=O) groups is 2. The second kappa shape index (κ2) is 9.82. The number of nitrogens with one attached hydrogen (secondary N) is 3. The van der Waals surface area contributed by atoms with Crippen LogP contribution in [0, 0.1) is 5.82 Å². The number of rotatable bonds is 7. The van der Waals surface area contributed by atoms with Crippen LogP contribution in [0.15, 0.2) is 35.1 Å². The Morgan fingerprint density at radius 2 is 1.91 bits per heavy atom. The Morgan fingerprint density at radius 3 is 2.67 bits per heavy atom. The van der Waals surface area contributed by atoms with Crippen LogP contribution in [0.1, 0.15) is 18.4 Å². The van der Waals surface area contributed by atoms with E-state index in [1.807, 2.05) is 0 Å². The highest BCUT2D eigenvalue weighted by atomic mass is 19.1. The van der Waals surface area contributed by atoms with E-state index in [0.29, 0.717) is 55.5 Å². The molecule has 1 fully saturated rings. The Hall–Kier alpha value is -3.73. The van der Waals surface area contributed by atoms with Crippen molar-refractivity contribution >= 4 is 28.8 Å². The molecule has 0 radical (unpaired) electrons. The lowest BCUT2D eigenvalue weighted by Crippen LogP contribution is -2.48. The number of anilines is 1. The van der Waals surface area contributed by atoms with Gasteiger partial charge in [-0.25, -0.2) is 14.2 Å². The van der Waals surface area contributed by atoms with E-state index >= 15 is 0 Å². The van der Waals surface area contributed by atoms with Crippen LogP contribution in [0.3, 0.4) is 0 Å². The Balaban J connectivity index is 1.23. The third-order valence-electron chi connectivity index (χ3n) is 5.57. The minimum atomic E-state index is -0.373. The topological polar surface area (TPSA) is 123 Å². The zero-order valence-corrected chi connectivity index (χ0v) is 18.2. The van der Waals surface area contributed by atoms with Crippen molar-refractivity contribution in [2.24, 2.45) is 0 Å². The van der Waals surface area contributed by atoms with E-state index in [1.54, 1.807) is 30.2 Å². The third-order valence-corrected chi connectivity index (χ3v) is 5.57. The fourth-order valence-electron chi connectivity index (χ4n) is 3.84. The molecular formula is C22H25FN6O4. The molecule has 1 saturated heterocycles. The van der Waals surface area contributed by atoms with Crippen molar-refractivity contribution in [3.05, 3.63) is 52.2 Å². The average Bonchev–Trinajstić information content (AvgIpc) is 3.17.